The van der Waals surface area contributed by atoms with Crippen LogP contribution in [0, 0.1) is 5.41 Å². The molecule has 0 aromatic heterocycles. The largest absolute Gasteiger partial charge is 0.469 e. The monoisotopic (exact) mass is 332 g/mol. The van der Waals surface area contributed by atoms with Gasteiger partial charge in [0, 0.05) is 6.42 Å². The fourth-order valence-electron chi connectivity index (χ4n) is 3.45. The molecule has 1 aliphatic carbocycles. The molecule has 4 heteroatoms. The van der Waals surface area contributed by atoms with Crippen molar-refractivity contribution in [1.29, 1.82) is 0 Å². The van der Waals surface area contributed by atoms with Crippen molar-refractivity contribution in [3.05, 3.63) is 34.9 Å². The van der Waals surface area contributed by atoms with E-state index in [2.05, 4.69) is 13.8 Å². The molecule has 1 unspecified atom stereocenters. The third kappa shape index (κ3) is 3.47. The number of ether oxygens (including phenoxy) is 2. The van der Waals surface area contributed by atoms with E-state index in [1.807, 2.05) is 45.9 Å². The molecule has 24 heavy (non-hydrogen) atoms. The summed E-state index contributed by atoms with van der Waals surface area (Å²) in [7, 11) is 1.38. The van der Waals surface area contributed by atoms with E-state index in [1.165, 1.54) is 12.7 Å². The van der Waals surface area contributed by atoms with E-state index in [0.717, 1.165) is 17.5 Å². The molecule has 0 N–H and O–H groups in total. The Morgan fingerprint density at radius 1 is 1.12 bits per heavy atom. The molecule has 0 aliphatic heterocycles. The summed E-state index contributed by atoms with van der Waals surface area (Å²) in [5.74, 6) is -0.493. The maximum Gasteiger partial charge on any atom is 0.312 e. The minimum absolute atomic E-state index is 0.0912. The van der Waals surface area contributed by atoms with Gasteiger partial charge in [-0.25, -0.2) is 0 Å². The Morgan fingerprint density at radius 2 is 1.75 bits per heavy atom. The van der Waals surface area contributed by atoms with Crippen LogP contribution in [-0.2, 0) is 36.5 Å². The van der Waals surface area contributed by atoms with E-state index in [9.17, 15) is 9.59 Å². The quantitative estimate of drug-likeness (QED) is 0.788. The standard InChI is InChI=1S/C20H28O4/c1-18(2,3)17(22)24-20(6)12-19(4,5)14-9-8-13(10-15(14)20)11-16(21)23-7/h8-10H,11-12H2,1-7H3. The second-order valence-electron chi connectivity index (χ2n) is 8.56. The van der Waals surface area contributed by atoms with Crippen molar-refractivity contribution in [1.82, 2.24) is 0 Å². The summed E-state index contributed by atoms with van der Waals surface area (Å²) in [6, 6.07) is 5.98. The van der Waals surface area contributed by atoms with Crippen molar-refractivity contribution < 1.29 is 19.1 Å². The van der Waals surface area contributed by atoms with E-state index < -0.39 is 11.0 Å². The van der Waals surface area contributed by atoms with Crippen molar-refractivity contribution in [3.63, 3.8) is 0 Å². The van der Waals surface area contributed by atoms with E-state index in [1.54, 1.807) is 0 Å². The Labute approximate surface area is 144 Å². The zero-order valence-corrected chi connectivity index (χ0v) is 15.8. The molecule has 1 aromatic rings. The average molecular weight is 332 g/mol. The van der Waals surface area contributed by atoms with Crippen LogP contribution in [-0.4, -0.2) is 19.0 Å². The number of esters is 2. The molecule has 132 valence electrons. The van der Waals surface area contributed by atoms with Crippen molar-refractivity contribution in [2.45, 2.75) is 65.4 Å². The highest BCUT2D eigenvalue weighted by Gasteiger charge is 2.48. The normalized spacial score (nSPS) is 22.0. The summed E-state index contributed by atoms with van der Waals surface area (Å²) in [5, 5.41) is 0. The minimum atomic E-state index is -0.685. The molecular formula is C20H28O4. The fraction of sp³-hybridized carbons (Fsp3) is 0.600. The molecule has 0 saturated heterocycles. The van der Waals surface area contributed by atoms with Gasteiger partial charge in [0.25, 0.3) is 0 Å². The molecule has 0 bridgehead atoms. The van der Waals surface area contributed by atoms with E-state index in [4.69, 9.17) is 9.47 Å². The van der Waals surface area contributed by atoms with Crippen LogP contribution in [0.4, 0.5) is 0 Å². The van der Waals surface area contributed by atoms with Gasteiger partial charge in [0.2, 0.25) is 0 Å². The fourth-order valence-corrected chi connectivity index (χ4v) is 3.45. The van der Waals surface area contributed by atoms with Crippen molar-refractivity contribution in [2.24, 2.45) is 5.41 Å². The van der Waals surface area contributed by atoms with Crippen LogP contribution in [0.5, 0.6) is 0 Å². The smallest absolute Gasteiger partial charge is 0.312 e. The van der Waals surface area contributed by atoms with Crippen LogP contribution in [0.15, 0.2) is 18.2 Å². The summed E-state index contributed by atoms with van der Waals surface area (Å²) in [5.41, 5.74) is 1.70. The van der Waals surface area contributed by atoms with Gasteiger partial charge in [-0.1, -0.05) is 32.0 Å². The van der Waals surface area contributed by atoms with Gasteiger partial charge in [0.1, 0.15) is 5.60 Å². The molecule has 4 nitrogen and oxygen atoms in total. The van der Waals surface area contributed by atoms with Gasteiger partial charge in [-0.2, -0.15) is 0 Å². The molecule has 1 atom stereocenters. The Kier molecular flexibility index (Phi) is 4.55. The van der Waals surface area contributed by atoms with E-state index in [-0.39, 0.29) is 23.8 Å². The minimum Gasteiger partial charge on any atom is -0.469 e. The highest BCUT2D eigenvalue weighted by atomic mass is 16.6. The summed E-state index contributed by atoms with van der Waals surface area (Å²) in [6.45, 7) is 11.8. The van der Waals surface area contributed by atoms with Gasteiger partial charge in [0.15, 0.2) is 0 Å². The molecular weight excluding hydrogens is 304 g/mol. The number of hydrogen-bond donors (Lipinski definition) is 0. The second-order valence-corrected chi connectivity index (χ2v) is 8.56. The highest BCUT2D eigenvalue weighted by molar-refractivity contribution is 5.76. The van der Waals surface area contributed by atoms with Crippen LogP contribution in [0.2, 0.25) is 0 Å². The molecule has 2 rings (SSSR count). The summed E-state index contributed by atoms with van der Waals surface area (Å²) < 4.78 is 10.7. The van der Waals surface area contributed by atoms with Crippen molar-refractivity contribution >= 4 is 11.9 Å². The second kappa shape index (κ2) is 5.91. The number of hydrogen-bond acceptors (Lipinski definition) is 4. The zero-order valence-electron chi connectivity index (χ0n) is 15.8. The molecule has 1 aromatic carbocycles. The lowest BCUT2D eigenvalue weighted by Crippen LogP contribution is -2.34. The maximum absolute atomic E-state index is 12.5. The van der Waals surface area contributed by atoms with Crippen molar-refractivity contribution in [2.75, 3.05) is 7.11 Å². The number of methoxy groups -OCH3 is 1. The number of rotatable bonds is 3. The van der Waals surface area contributed by atoms with E-state index >= 15 is 0 Å². The SMILES string of the molecule is COC(=O)Cc1ccc2c(c1)C(C)(OC(=O)C(C)(C)C)CC2(C)C. The van der Waals surface area contributed by atoms with Crippen LogP contribution in [0.25, 0.3) is 0 Å². The maximum atomic E-state index is 12.5. The number of fused-ring (bicyclic) bond motifs is 1. The first kappa shape index (κ1) is 18.5. The third-order valence-corrected chi connectivity index (χ3v) is 4.67. The predicted octanol–water partition coefficient (Wildman–Crippen LogP) is 3.89. The predicted molar refractivity (Wildman–Crippen MR) is 92.7 cm³/mol. The van der Waals surface area contributed by atoms with Gasteiger partial charge in [-0.05, 0) is 49.8 Å². The van der Waals surface area contributed by atoms with Crippen LogP contribution in [0.1, 0.15) is 64.7 Å². The first-order valence-electron chi connectivity index (χ1n) is 8.33. The van der Waals surface area contributed by atoms with Crippen LogP contribution < -0.4 is 0 Å². The average Bonchev–Trinajstić information content (AvgIpc) is 2.64. The molecule has 0 radical (unpaired) electrons. The summed E-state index contributed by atoms with van der Waals surface area (Å²) in [4.78, 5) is 24.0. The lowest BCUT2D eigenvalue weighted by Gasteiger charge is -2.31. The van der Waals surface area contributed by atoms with Crippen LogP contribution in [0.3, 0.4) is 0 Å². The van der Waals surface area contributed by atoms with Crippen LogP contribution >= 0.6 is 0 Å². The van der Waals surface area contributed by atoms with Gasteiger partial charge in [0.05, 0.1) is 18.9 Å². The van der Waals surface area contributed by atoms with Gasteiger partial charge < -0.3 is 9.47 Å². The molecule has 0 amide bonds. The number of benzene rings is 1. The third-order valence-electron chi connectivity index (χ3n) is 4.67. The molecule has 0 saturated carbocycles. The molecule has 0 spiro atoms. The Morgan fingerprint density at radius 3 is 2.29 bits per heavy atom. The summed E-state index contributed by atoms with van der Waals surface area (Å²) in [6.07, 6.45) is 0.937. The Bertz CT molecular complexity index is 667. The highest BCUT2D eigenvalue weighted by Crippen LogP contribution is 2.51. The zero-order chi connectivity index (χ0) is 18.3. The van der Waals surface area contributed by atoms with Gasteiger partial charge in [-0.3, -0.25) is 9.59 Å². The Balaban J connectivity index is 2.43. The molecule has 0 fully saturated rings. The van der Waals surface area contributed by atoms with Crippen molar-refractivity contribution in [3.8, 4) is 0 Å². The molecule has 1 aliphatic rings. The number of carbonyl (C=O) groups is 2. The summed E-state index contributed by atoms with van der Waals surface area (Å²) >= 11 is 0. The topological polar surface area (TPSA) is 52.6 Å². The first-order valence-corrected chi connectivity index (χ1v) is 8.33. The lowest BCUT2D eigenvalue weighted by atomic mass is 9.85. The van der Waals surface area contributed by atoms with Gasteiger partial charge >= 0.3 is 11.9 Å². The first-order chi connectivity index (χ1) is 10.9. The number of carbonyl (C=O) groups excluding carboxylic acids is 2. The van der Waals surface area contributed by atoms with E-state index in [0.29, 0.717) is 0 Å². The lowest BCUT2D eigenvalue weighted by molar-refractivity contribution is -0.169. The molecule has 0 heterocycles. The Hall–Kier alpha value is -1.84. The van der Waals surface area contributed by atoms with Gasteiger partial charge in [-0.15, -0.1) is 0 Å².